The van der Waals surface area contributed by atoms with E-state index in [2.05, 4.69) is 10.3 Å². The molecule has 0 aliphatic heterocycles. The quantitative estimate of drug-likeness (QED) is 0.540. The number of benzene rings is 2. The van der Waals surface area contributed by atoms with Crippen molar-refractivity contribution < 1.29 is 26.4 Å². The molecule has 0 spiro atoms. The Morgan fingerprint density at radius 2 is 1.84 bits per heavy atom. The van der Waals surface area contributed by atoms with E-state index in [4.69, 9.17) is 4.42 Å². The minimum atomic E-state index is -3.60. The number of aromatic nitrogens is 1. The van der Waals surface area contributed by atoms with Gasteiger partial charge < -0.3 is 9.73 Å². The molecule has 0 fully saturated rings. The second-order valence-electron chi connectivity index (χ2n) is 7.43. The predicted octanol–water partition coefficient (Wildman–Crippen LogP) is 4.22. The summed E-state index contributed by atoms with van der Waals surface area (Å²) in [6, 6.07) is 8.83. The second kappa shape index (κ2) is 9.58. The zero-order valence-corrected chi connectivity index (χ0v) is 18.6. The van der Waals surface area contributed by atoms with Crippen molar-refractivity contribution in [2.75, 3.05) is 12.4 Å². The van der Waals surface area contributed by atoms with Crippen LogP contribution in [0.5, 0.6) is 0 Å². The van der Waals surface area contributed by atoms with E-state index < -0.39 is 21.7 Å². The Balaban J connectivity index is 1.58. The highest BCUT2D eigenvalue weighted by atomic mass is 32.2. The molecule has 2 aromatic carbocycles. The number of aryl methyl sites for hydroxylation is 1. The minimum absolute atomic E-state index is 0.0436. The molecule has 170 valence electrons. The molecule has 0 aliphatic carbocycles. The van der Waals surface area contributed by atoms with Gasteiger partial charge in [-0.25, -0.2) is 22.2 Å². The standard InChI is InChI=1S/C22H23F2N3O4S/c1-14(2)27(3)32(29,30)17-7-5-16(6-8-17)26-21(28)10-11-22-25-13-20(31-22)18-9-4-15(23)12-19(18)24/h4-9,12-14H,10-11H2,1-3H3,(H,26,28). The molecule has 0 bridgehead atoms. The van der Waals surface area contributed by atoms with Gasteiger partial charge in [-0.3, -0.25) is 4.79 Å². The second-order valence-corrected chi connectivity index (χ2v) is 9.43. The minimum Gasteiger partial charge on any atom is -0.441 e. The van der Waals surface area contributed by atoms with Gasteiger partial charge in [0.1, 0.15) is 11.6 Å². The van der Waals surface area contributed by atoms with Gasteiger partial charge in [0, 0.05) is 37.7 Å². The summed E-state index contributed by atoms with van der Waals surface area (Å²) in [4.78, 5) is 16.4. The summed E-state index contributed by atoms with van der Waals surface area (Å²) < 4.78 is 58.6. The number of amides is 1. The van der Waals surface area contributed by atoms with Crippen LogP contribution in [0.4, 0.5) is 14.5 Å². The van der Waals surface area contributed by atoms with Crippen LogP contribution < -0.4 is 5.32 Å². The third kappa shape index (κ3) is 5.38. The number of nitrogens with zero attached hydrogens (tertiary/aromatic N) is 2. The molecule has 32 heavy (non-hydrogen) atoms. The van der Waals surface area contributed by atoms with Gasteiger partial charge in [-0.05, 0) is 50.2 Å². The Morgan fingerprint density at radius 3 is 2.47 bits per heavy atom. The average molecular weight is 464 g/mol. The normalized spacial score (nSPS) is 11.8. The largest absolute Gasteiger partial charge is 0.441 e. The predicted molar refractivity (Wildman–Crippen MR) is 115 cm³/mol. The van der Waals surface area contributed by atoms with E-state index in [1.165, 1.54) is 47.9 Å². The Morgan fingerprint density at radius 1 is 1.16 bits per heavy atom. The lowest BCUT2D eigenvalue weighted by atomic mass is 10.2. The maximum atomic E-state index is 13.9. The summed E-state index contributed by atoms with van der Waals surface area (Å²) in [5, 5.41) is 2.68. The average Bonchev–Trinajstić information content (AvgIpc) is 3.20. The van der Waals surface area contributed by atoms with Crippen LogP contribution in [0, 0.1) is 11.6 Å². The van der Waals surface area contributed by atoms with E-state index >= 15 is 0 Å². The number of anilines is 1. The fourth-order valence-electron chi connectivity index (χ4n) is 2.84. The third-order valence-corrected chi connectivity index (χ3v) is 6.91. The first kappa shape index (κ1) is 23.6. The number of carbonyl (C=O) groups is 1. The molecule has 1 amide bonds. The van der Waals surface area contributed by atoms with Crippen LogP contribution in [0.1, 0.15) is 26.2 Å². The third-order valence-electron chi connectivity index (χ3n) is 4.86. The van der Waals surface area contributed by atoms with E-state index in [0.29, 0.717) is 5.69 Å². The maximum Gasteiger partial charge on any atom is 0.243 e. The van der Waals surface area contributed by atoms with Crippen LogP contribution in [-0.2, 0) is 21.2 Å². The number of sulfonamides is 1. The van der Waals surface area contributed by atoms with Crippen LogP contribution in [0.3, 0.4) is 0 Å². The number of nitrogens with one attached hydrogen (secondary N) is 1. The molecule has 10 heteroatoms. The molecule has 1 aromatic heterocycles. The molecular weight excluding hydrogens is 440 g/mol. The first-order valence-electron chi connectivity index (χ1n) is 9.86. The van der Waals surface area contributed by atoms with Crippen molar-refractivity contribution in [1.82, 2.24) is 9.29 Å². The number of oxazole rings is 1. The molecular formula is C22H23F2N3O4S. The molecule has 0 unspecified atom stereocenters. The van der Waals surface area contributed by atoms with Crippen molar-refractivity contribution in [2.45, 2.75) is 37.6 Å². The van der Waals surface area contributed by atoms with Gasteiger partial charge in [-0.1, -0.05) is 0 Å². The number of hydrogen-bond acceptors (Lipinski definition) is 5. The van der Waals surface area contributed by atoms with Crippen LogP contribution in [0.25, 0.3) is 11.3 Å². The number of halogens is 2. The van der Waals surface area contributed by atoms with Crippen LogP contribution in [0.2, 0.25) is 0 Å². The fraction of sp³-hybridized carbons (Fsp3) is 0.273. The zero-order valence-electron chi connectivity index (χ0n) is 17.8. The van der Waals surface area contributed by atoms with E-state index in [1.54, 1.807) is 13.8 Å². The van der Waals surface area contributed by atoms with Gasteiger partial charge in [0.05, 0.1) is 16.7 Å². The van der Waals surface area contributed by atoms with Crippen molar-refractivity contribution in [3.8, 4) is 11.3 Å². The summed E-state index contributed by atoms with van der Waals surface area (Å²) in [6.45, 7) is 3.55. The van der Waals surface area contributed by atoms with Crippen LogP contribution in [0.15, 0.2) is 58.0 Å². The molecule has 0 saturated heterocycles. The molecule has 3 aromatic rings. The summed E-state index contributed by atoms with van der Waals surface area (Å²) in [5.41, 5.74) is 0.524. The Kier molecular flexibility index (Phi) is 7.05. The maximum absolute atomic E-state index is 13.9. The summed E-state index contributed by atoms with van der Waals surface area (Å²) in [5.74, 6) is -1.42. The SMILES string of the molecule is CC(C)N(C)S(=O)(=O)c1ccc(NC(=O)CCc2ncc(-c3ccc(F)cc3F)o2)cc1. The van der Waals surface area contributed by atoms with Gasteiger partial charge in [0.25, 0.3) is 0 Å². The number of hydrogen-bond donors (Lipinski definition) is 1. The molecule has 0 aliphatic rings. The van der Waals surface area contributed by atoms with Crippen molar-refractivity contribution in [2.24, 2.45) is 0 Å². The van der Waals surface area contributed by atoms with Crippen LogP contribution in [-0.4, -0.2) is 36.7 Å². The molecule has 7 nitrogen and oxygen atoms in total. The molecule has 0 atom stereocenters. The zero-order chi connectivity index (χ0) is 23.5. The number of carbonyl (C=O) groups excluding carboxylic acids is 1. The van der Waals surface area contributed by atoms with Crippen molar-refractivity contribution >= 4 is 21.6 Å². The number of rotatable bonds is 8. The lowest BCUT2D eigenvalue weighted by Gasteiger charge is -2.21. The highest BCUT2D eigenvalue weighted by molar-refractivity contribution is 7.89. The van der Waals surface area contributed by atoms with Gasteiger partial charge >= 0.3 is 0 Å². The Bertz CT molecular complexity index is 1210. The summed E-state index contributed by atoms with van der Waals surface area (Å²) in [7, 11) is -2.10. The highest BCUT2D eigenvalue weighted by Gasteiger charge is 2.23. The van der Waals surface area contributed by atoms with E-state index in [1.807, 2.05) is 0 Å². The Labute approximate surface area is 185 Å². The molecule has 1 N–H and O–H groups in total. The van der Waals surface area contributed by atoms with E-state index in [0.717, 1.165) is 12.1 Å². The molecule has 0 radical (unpaired) electrons. The monoisotopic (exact) mass is 463 g/mol. The molecule has 0 saturated carbocycles. The first-order valence-corrected chi connectivity index (χ1v) is 11.3. The lowest BCUT2D eigenvalue weighted by molar-refractivity contribution is -0.116. The molecule has 1 heterocycles. The summed E-state index contributed by atoms with van der Waals surface area (Å²) >= 11 is 0. The smallest absolute Gasteiger partial charge is 0.243 e. The van der Waals surface area contributed by atoms with E-state index in [9.17, 15) is 22.0 Å². The van der Waals surface area contributed by atoms with Crippen molar-refractivity contribution in [3.05, 3.63) is 66.2 Å². The Hall–Kier alpha value is -3.11. The first-order chi connectivity index (χ1) is 15.1. The van der Waals surface area contributed by atoms with Gasteiger partial charge in [-0.2, -0.15) is 4.31 Å². The van der Waals surface area contributed by atoms with Gasteiger partial charge in [0.15, 0.2) is 11.7 Å². The van der Waals surface area contributed by atoms with Gasteiger partial charge in [0.2, 0.25) is 15.9 Å². The van der Waals surface area contributed by atoms with Crippen molar-refractivity contribution in [3.63, 3.8) is 0 Å². The van der Waals surface area contributed by atoms with Crippen LogP contribution >= 0.6 is 0 Å². The highest BCUT2D eigenvalue weighted by Crippen LogP contribution is 2.25. The fourth-order valence-corrected chi connectivity index (χ4v) is 4.21. The van der Waals surface area contributed by atoms with Gasteiger partial charge in [-0.15, -0.1) is 0 Å². The topological polar surface area (TPSA) is 92.5 Å². The summed E-state index contributed by atoms with van der Waals surface area (Å²) in [6.07, 6.45) is 1.53. The van der Waals surface area contributed by atoms with E-state index in [-0.39, 0.29) is 46.9 Å². The lowest BCUT2D eigenvalue weighted by Crippen LogP contribution is -2.33. The molecule has 3 rings (SSSR count). The van der Waals surface area contributed by atoms with Crippen molar-refractivity contribution in [1.29, 1.82) is 0 Å².